The maximum absolute atomic E-state index is 11.7. The van der Waals surface area contributed by atoms with E-state index < -0.39 is 0 Å². The van der Waals surface area contributed by atoms with E-state index in [0.29, 0.717) is 28.2 Å². The lowest BCUT2D eigenvalue weighted by atomic mass is 9.88. The van der Waals surface area contributed by atoms with Gasteiger partial charge in [0.05, 0.1) is 58.0 Å². The number of benzene rings is 8. The topological polar surface area (TPSA) is 63.8 Å². The number of hydrogen-bond donors (Lipinski definition) is 0. The molecule has 0 spiro atoms. The van der Waals surface area contributed by atoms with Gasteiger partial charge >= 0.3 is 0 Å². The van der Waals surface area contributed by atoms with Crippen molar-refractivity contribution in [2.75, 3.05) is 0 Å². The van der Waals surface area contributed by atoms with Gasteiger partial charge in [-0.25, -0.2) is 4.85 Å². The Hall–Kier alpha value is -8.36. The molecule has 13 aromatic rings. The first-order valence-corrected chi connectivity index (χ1v) is 20.9. The van der Waals surface area contributed by atoms with Crippen molar-refractivity contribution in [2.24, 2.45) is 0 Å². The molecule has 0 amide bonds. The molecule has 61 heavy (non-hydrogen) atoms. The minimum absolute atomic E-state index is 0.378. The number of fused-ring (bicyclic) bond motifs is 10. The number of hydrogen-bond acceptors (Lipinski definition) is 4. The Morgan fingerprint density at radius 2 is 1.00 bits per heavy atom. The number of nitrogens with zero attached hydrogens (tertiary/aromatic N) is 6. The Labute approximate surface area is 352 Å². The molecule has 5 aromatic heterocycles. The average molecular weight is 793 g/mol. The second-order valence-electron chi connectivity index (χ2n) is 15.5. The first kappa shape index (κ1) is 33.6. The van der Waals surface area contributed by atoms with E-state index in [-0.39, 0.29) is 0 Å². The molecular weight excluding hydrogens is 765 g/mol. The monoisotopic (exact) mass is 792 g/mol. The number of aromatic nitrogens is 4. The molecule has 0 bridgehead atoms. The molecule has 0 atom stereocenters. The zero-order chi connectivity index (χ0) is 40.3. The van der Waals surface area contributed by atoms with Crippen LogP contribution in [0, 0.1) is 17.9 Å². The van der Waals surface area contributed by atoms with Crippen LogP contribution < -0.4 is 0 Å². The molecule has 0 unspecified atom stereocenters. The van der Waals surface area contributed by atoms with Crippen LogP contribution >= 0.6 is 11.3 Å². The molecule has 0 aliphatic heterocycles. The smallest absolute Gasteiger partial charge is 0.220 e. The molecular formula is C54H28N6S. The maximum Gasteiger partial charge on any atom is 0.220 e. The van der Waals surface area contributed by atoms with Crippen molar-refractivity contribution in [3.8, 4) is 39.7 Å². The van der Waals surface area contributed by atoms with E-state index in [4.69, 9.17) is 16.5 Å². The minimum atomic E-state index is 0.378. The molecule has 0 aliphatic carbocycles. The summed E-state index contributed by atoms with van der Waals surface area (Å²) >= 11 is 1.80. The number of para-hydroxylation sites is 1. The molecule has 0 aliphatic rings. The maximum atomic E-state index is 11.7. The molecule has 0 N–H and O–H groups in total. The van der Waals surface area contributed by atoms with E-state index in [9.17, 15) is 5.26 Å². The molecule has 0 radical (unpaired) electrons. The van der Waals surface area contributed by atoms with Crippen LogP contribution in [0.1, 0.15) is 5.56 Å². The average Bonchev–Trinajstić information content (AvgIpc) is 3.99. The zero-order valence-corrected chi connectivity index (χ0v) is 33.1. The van der Waals surface area contributed by atoms with Gasteiger partial charge in [0.15, 0.2) is 0 Å². The highest BCUT2D eigenvalue weighted by molar-refractivity contribution is 7.26. The summed E-state index contributed by atoms with van der Waals surface area (Å²) in [6, 6.07) is 52.9. The summed E-state index contributed by atoms with van der Waals surface area (Å²) in [7, 11) is 0. The summed E-state index contributed by atoms with van der Waals surface area (Å²) in [5.74, 6) is 0. The summed E-state index contributed by atoms with van der Waals surface area (Å²) in [4.78, 5) is 14.2. The SMILES string of the molecule is [C-]#[N+]c1c(-c2ccccc2)c(C#N)c(-n2c3ccccc3c3c4c(ccc32)sc2ccccc24)c(-c2ccccc2)c1-n1c2cncc3c4ccccc4c4cncc1c4c32. The third-order valence-electron chi connectivity index (χ3n) is 12.5. The van der Waals surface area contributed by atoms with E-state index >= 15 is 0 Å². The molecule has 8 aromatic carbocycles. The van der Waals surface area contributed by atoms with Gasteiger partial charge in [0.2, 0.25) is 5.69 Å². The van der Waals surface area contributed by atoms with Gasteiger partial charge in [0, 0.05) is 76.0 Å². The van der Waals surface area contributed by atoms with Gasteiger partial charge in [-0.3, -0.25) is 9.97 Å². The fraction of sp³-hybridized carbons (Fsp3) is 0. The molecule has 13 rings (SSSR count). The van der Waals surface area contributed by atoms with E-state index in [1.165, 1.54) is 20.2 Å². The number of rotatable bonds is 4. The van der Waals surface area contributed by atoms with Crippen molar-refractivity contribution in [3.05, 3.63) is 187 Å². The molecule has 6 nitrogen and oxygen atoms in total. The van der Waals surface area contributed by atoms with Gasteiger partial charge in [0.25, 0.3) is 0 Å². The van der Waals surface area contributed by atoms with E-state index in [1.54, 1.807) is 11.3 Å². The van der Waals surface area contributed by atoms with Crippen LogP contribution in [-0.2, 0) is 0 Å². The van der Waals surface area contributed by atoms with Crippen molar-refractivity contribution in [3.63, 3.8) is 0 Å². The highest BCUT2D eigenvalue weighted by Crippen LogP contribution is 2.54. The van der Waals surface area contributed by atoms with Crippen LogP contribution in [0.3, 0.4) is 0 Å². The fourth-order valence-corrected chi connectivity index (χ4v) is 11.3. The van der Waals surface area contributed by atoms with Crippen molar-refractivity contribution >= 4 is 102 Å². The number of nitriles is 1. The van der Waals surface area contributed by atoms with E-state index in [1.807, 2.05) is 73.3 Å². The first-order chi connectivity index (χ1) is 30.2. The highest BCUT2D eigenvalue weighted by atomic mass is 32.1. The first-order valence-electron chi connectivity index (χ1n) is 20.1. The molecule has 5 heterocycles. The minimum Gasteiger partial charge on any atom is -0.315 e. The van der Waals surface area contributed by atoms with Crippen LogP contribution in [0.5, 0.6) is 0 Å². The van der Waals surface area contributed by atoms with Gasteiger partial charge in [-0.2, -0.15) is 5.26 Å². The predicted octanol–water partition coefficient (Wildman–Crippen LogP) is 14.5. The van der Waals surface area contributed by atoms with Crippen LogP contribution in [0.4, 0.5) is 5.69 Å². The molecule has 280 valence electrons. The largest absolute Gasteiger partial charge is 0.315 e. The van der Waals surface area contributed by atoms with Crippen molar-refractivity contribution in [1.82, 2.24) is 19.1 Å². The fourth-order valence-electron chi connectivity index (χ4n) is 10.1. The number of thiophene rings is 1. The van der Waals surface area contributed by atoms with E-state index in [2.05, 4.69) is 117 Å². The second kappa shape index (κ2) is 12.6. The quantitative estimate of drug-likeness (QED) is 0.132. The summed E-state index contributed by atoms with van der Waals surface area (Å²) in [5.41, 5.74) is 8.88. The second-order valence-corrected chi connectivity index (χ2v) is 16.5. The van der Waals surface area contributed by atoms with Gasteiger partial charge < -0.3 is 9.13 Å². The zero-order valence-electron chi connectivity index (χ0n) is 32.3. The van der Waals surface area contributed by atoms with Crippen molar-refractivity contribution < 1.29 is 0 Å². The highest BCUT2D eigenvalue weighted by Gasteiger charge is 2.33. The Morgan fingerprint density at radius 3 is 1.64 bits per heavy atom. The summed E-state index contributed by atoms with van der Waals surface area (Å²) in [5, 5.41) is 22.7. The third kappa shape index (κ3) is 4.42. The lowest BCUT2D eigenvalue weighted by Crippen LogP contribution is -2.08. The lowest BCUT2D eigenvalue weighted by Gasteiger charge is -2.25. The summed E-state index contributed by atoms with van der Waals surface area (Å²) in [6.45, 7) is 9.15. The lowest BCUT2D eigenvalue weighted by molar-refractivity contribution is 1.13. The van der Waals surface area contributed by atoms with Gasteiger partial charge in [-0.05, 0) is 46.2 Å². The Morgan fingerprint density at radius 1 is 0.459 bits per heavy atom. The standard InChI is InChI=1S/C54H28N6S/c1-56-52-46(31-14-4-2-5-15-31)37(26-55)53(59-40-22-12-10-20-35(40)48-41(59)24-25-45-51(48)36-21-11-13-23-44(36)61-45)47(32-16-6-3-7-17-32)54(52)60-42-29-57-27-38-33-18-8-9-19-34(33)39-28-58-30-43(60)50(39)49(38)42/h2-25,27-30H. The molecule has 0 fully saturated rings. The van der Waals surface area contributed by atoms with Gasteiger partial charge in [0.1, 0.15) is 6.07 Å². The normalized spacial score (nSPS) is 11.9. The van der Waals surface area contributed by atoms with Crippen molar-refractivity contribution in [2.45, 2.75) is 0 Å². The van der Waals surface area contributed by atoms with Crippen LogP contribution in [0.2, 0.25) is 0 Å². The van der Waals surface area contributed by atoms with Crippen LogP contribution in [-0.4, -0.2) is 19.1 Å². The van der Waals surface area contributed by atoms with Crippen molar-refractivity contribution in [1.29, 1.82) is 5.26 Å². The molecule has 0 saturated heterocycles. The number of pyridine rings is 2. The van der Waals surface area contributed by atoms with E-state index in [0.717, 1.165) is 81.8 Å². The Balaban J connectivity index is 1.32. The Bertz CT molecular complexity index is 3980. The third-order valence-corrected chi connectivity index (χ3v) is 13.6. The van der Waals surface area contributed by atoms with Crippen LogP contribution in [0.15, 0.2) is 170 Å². The molecule has 0 saturated carbocycles. The van der Waals surface area contributed by atoms with Gasteiger partial charge in [-0.1, -0.05) is 121 Å². The summed E-state index contributed by atoms with van der Waals surface area (Å²) in [6.07, 6.45) is 7.74. The van der Waals surface area contributed by atoms with Crippen LogP contribution in [0.25, 0.3) is 124 Å². The predicted molar refractivity (Wildman–Crippen MR) is 252 cm³/mol. The molecule has 7 heteroatoms. The summed E-state index contributed by atoms with van der Waals surface area (Å²) < 4.78 is 6.93. The van der Waals surface area contributed by atoms with Gasteiger partial charge in [-0.15, -0.1) is 11.3 Å². The Kier molecular flexibility index (Phi) is 6.92.